The molecule has 1 heterocycles. The Morgan fingerprint density at radius 3 is 2.71 bits per heavy atom. The molecule has 6 heteroatoms. The van der Waals surface area contributed by atoms with E-state index in [0.717, 1.165) is 35.7 Å². The number of carbonyl (C=O) groups is 1. The van der Waals surface area contributed by atoms with Gasteiger partial charge in [-0.1, -0.05) is 60.7 Å². The summed E-state index contributed by atoms with van der Waals surface area (Å²) in [6, 6.07) is 29.4. The molecule has 2 unspecified atom stereocenters. The quantitative estimate of drug-likeness (QED) is 0.265. The van der Waals surface area contributed by atoms with Crippen LogP contribution in [-0.2, 0) is 9.53 Å². The number of methoxy groups -OCH3 is 1. The van der Waals surface area contributed by atoms with Gasteiger partial charge in [-0.25, -0.2) is 4.79 Å². The number of hydrogen-bond acceptors (Lipinski definition) is 6. The molecule has 0 saturated carbocycles. The maximum atomic E-state index is 11.6. The van der Waals surface area contributed by atoms with Crippen LogP contribution in [0, 0.1) is 6.92 Å². The number of para-hydroxylation sites is 2. The van der Waals surface area contributed by atoms with Crippen LogP contribution in [0.2, 0.25) is 0 Å². The van der Waals surface area contributed by atoms with E-state index in [9.17, 15) is 4.79 Å². The fraction of sp³-hybridized carbons (Fsp3) is 0.281. The van der Waals surface area contributed by atoms with Crippen LogP contribution in [-0.4, -0.2) is 38.9 Å². The summed E-state index contributed by atoms with van der Waals surface area (Å²) in [7, 11) is 1.36. The molecule has 0 radical (unpaired) electrons. The van der Waals surface area contributed by atoms with Gasteiger partial charge in [-0.05, 0) is 66.9 Å². The summed E-state index contributed by atoms with van der Waals surface area (Å²) in [4.78, 5) is 13.9. The van der Waals surface area contributed by atoms with Crippen LogP contribution in [0.4, 0.5) is 11.4 Å². The molecular weight excluding hydrogens is 476 g/mol. The first-order valence-electron chi connectivity index (χ1n) is 13.1. The molecular formula is C32H34N2O4. The minimum absolute atomic E-state index is 0.0119. The van der Waals surface area contributed by atoms with Crippen molar-refractivity contribution in [3.8, 4) is 11.5 Å². The first kappa shape index (κ1) is 25.6. The van der Waals surface area contributed by atoms with Crippen LogP contribution in [0.1, 0.15) is 30.5 Å². The lowest BCUT2D eigenvalue weighted by molar-refractivity contribution is -0.142. The second-order valence-electron chi connectivity index (χ2n) is 9.67. The van der Waals surface area contributed by atoms with Crippen LogP contribution >= 0.6 is 0 Å². The molecule has 0 fully saturated rings. The van der Waals surface area contributed by atoms with E-state index in [2.05, 4.69) is 71.7 Å². The number of ether oxygens (including phenoxy) is 3. The van der Waals surface area contributed by atoms with E-state index >= 15 is 0 Å². The molecule has 0 amide bonds. The van der Waals surface area contributed by atoms with Crippen molar-refractivity contribution in [3.05, 3.63) is 96.1 Å². The molecule has 4 aromatic rings. The normalized spacial score (nSPS) is 15.4. The van der Waals surface area contributed by atoms with Gasteiger partial charge in [0.25, 0.3) is 0 Å². The standard InChI is InChI=1S/C32H34N2O4/c1-22-15-16-25(19-31(22)37-21-32(35)36-3)34-20-26(38-30-14-7-6-13-29(30)34)17-18-33-23(2)27-12-8-10-24-9-4-5-11-28(24)27/h4-16,19,23,26,33H,17-18,20-21H2,1-3H3. The molecule has 0 saturated heterocycles. The summed E-state index contributed by atoms with van der Waals surface area (Å²) < 4.78 is 16.9. The third kappa shape index (κ3) is 5.60. The Morgan fingerprint density at radius 1 is 1.05 bits per heavy atom. The third-order valence-corrected chi connectivity index (χ3v) is 7.10. The highest BCUT2D eigenvalue weighted by molar-refractivity contribution is 5.86. The zero-order chi connectivity index (χ0) is 26.5. The smallest absolute Gasteiger partial charge is 0.343 e. The van der Waals surface area contributed by atoms with Gasteiger partial charge in [-0.3, -0.25) is 0 Å². The molecule has 196 valence electrons. The van der Waals surface area contributed by atoms with E-state index in [1.165, 1.54) is 23.4 Å². The van der Waals surface area contributed by atoms with Gasteiger partial charge in [0, 0.05) is 17.8 Å². The molecule has 4 aromatic carbocycles. The third-order valence-electron chi connectivity index (χ3n) is 7.10. The van der Waals surface area contributed by atoms with Crippen LogP contribution in [0.25, 0.3) is 10.8 Å². The zero-order valence-electron chi connectivity index (χ0n) is 22.1. The molecule has 38 heavy (non-hydrogen) atoms. The molecule has 0 aliphatic carbocycles. The molecule has 6 nitrogen and oxygen atoms in total. The predicted molar refractivity (Wildman–Crippen MR) is 152 cm³/mol. The lowest BCUT2D eigenvalue weighted by Crippen LogP contribution is -2.39. The number of nitrogens with one attached hydrogen (secondary N) is 1. The Hall–Kier alpha value is -4.03. The van der Waals surface area contributed by atoms with Gasteiger partial charge >= 0.3 is 5.97 Å². The highest BCUT2D eigenvalue weighted by Gasteiger charge is 2.27. The first-order valence-corrected chi connectivity index (χ1v) is 13.1. The zero-order valence-corrected chi connectivity index (χ0v) is 22.1. The van der Waals surface area contributed by atoms with Gasteiger partial charge in [0.05, 0.1) is 19.3 Å². The fourth-order valence-electron chi connectivity index (χ4n) is 5.00. The minimum Gasteiger partial charge on any atom is -0.486 e. The molecule has 1 aliphatic heterocycles. The maximum absolute atomic E-state index is 11.6. The Morgan fingerprint density at radius 2 is 1.84 bits per heavy atom. The second kappa shape index (κ2) is 11.6. The number of hydrogen-bond donors (Lipinski definition) is 1. The van der Waals surface area contributed by atoms with E-state index in [4.69, 9.17) is 14.2 Å². The van der Waals surface area contributed by atoms with Crippen molar-refractivity contribution in [2.24, 2.45) is 0 Å². The van der Waals surface area contributed by atoms with E-state index < -0.39 is 5.97 Å². The van der Waals surface area contributed by atoms with Gasteiger partial charge < -0.3 is 24.4 Å². The molecule has 0 aromatic heterocycles. The molecule has 2 atom stereocenters. The van der Waals surface area contributed by atoms with Crippen molar-refractivity contribution in [2.75, 3.05) is 31.7 Å². The predicted octanol–water partition coefficient (Wildman–Crippen LogP) is 6.34. The van der Waals surface area contributed by atoms with Gasteiger partial charge in [-0.15, -0.1) is 0 Å². The van der Waals surface area contributed by atoms with Crippen LogP contribution in [0.3, 0.4) is 0 Å². The number of carbonyl (C=O) groups excluding carboxylic acids is 1. The summed E-state index contributed by atoms with van der Waals surface area (Å²) in [5.41, 5.74) is 4.28. The van der Waals surface area contributed by atoms with Crippen molar-refractivity contribution in [1.29, 1.82) is 0 Å². The lowest BCUT2D eigenvalue weighted by Gasteiger charge is -2.36. The molecule has 1 N–H and O–H groups in total. The topological polar surface area (TPSA) is 60.0 Å². The fourth-order valence-corrected chi connectivity index (χ4v) is 5.00. The van der Waals surface area contributed by atoms with E-state index in [0.29, 0.717) is 12.3 Å². The van der Waals surface area contributed by atoms with Crippen molar-refractivity contribution in [1.82, 2.24) is 5.32 Å². The minimum atomic E-state index is -0.406. The Bertz CT molecular complexity index is 1410. The number of aryl methyl sites for hydroxylation is 1. The van der Waals surface area contributed by atoms with Crippen molar-refractivity contribution in [2.45, 2.75) is 32.4 Å². The number of rotatable bonds is 9. The summed E-state index contributed by atoms with van der Waals surface area (Å²) in [5.74, 6) is 1.12. The highest BCUT2D eigenvalue weighted by atomic mass is 16.6. The monoisotopic (exact) mass is 510 g/mol. The Labute approximate surface area is 224 Å². The number of anilines is 2. The highest BCUT2D eigenvalue weighted by Crippen LogP contribution is 2.40. The average Bonchev–Trinajstić information content (AvgIpc) is 2.95. The summed E-state index contributed by atoms with van der Waals surface area (Å²) in [6.07, 6.45) is 0.871. The van der Waals surface area contributed by atoms with E-state index in [-0.39, 0.29) is 18.8 Å². The molecule has 5 rings (SSSR count). The summed E-state index contributed by atoms with van der Waals surface area (Å²) in [5, 5.41) is 6.25. The summed E-state index contributed by atoms with van der Waals surface area (Å²) in [6.45, 7) is 5.60. The van der Waals surface area contributed by atoms with E-state index in [1.54, 1.807) is 0 Å². The number of fused-ring (bicyclic) bond motifs is 2. The van der Waals surface area contributed by atoms with Crippen LogP contribution < -0.4 is 19.7 Å². The number of esters is 1. The number of benzene rings is 4. The lowest BCUT2D eigenvalue weighted by atomic mass is 9.99. The van der Waals surface area contributed by atoms with Gasteiger partial charge in [0.15, 0.2) is 6.61 Å². The Kier molecular flexibility index (Phi) is 7.80. The second-order valence-corrected chi connectivity index (χ2v) is 9.67. The van der Waals surface area contributed by atoms with E-state index in [1.807, 2.05) is 37.3 Å². The first-order chi connectivity index (χ1) is 18.5. The van der Waals surface area contributed by atoms with Gasteiger partial charge in [0.2, 0.25) is 0 Å². The Balaban J connectivity index is 1.29. The summed E-state index contributed by atoms with van der Waals surface area (Å²) >= 11 is 0. The van der Waals surface area contributed by atoms with Crippen molar-refractivity contribution >= 4 is 28.1 Å². The van der Waals surface area contributed by atoms with Gasteiger partial charge in [-0.2, -0.15) is 0 Å². The molecule has 1 aliphatic rings. The van der Waals surface area contributed by atoms with Crippen molar-refractivity contribution in [3.63, 3.8) is 0 Å². The van der Waals surface area contributed by atoms with Crippen LogP contribution in [0.5, 0.6) is 11.5 Å². The number of nitrogens with zero attached hydrogens (tertiary/aromatic N) is 1. The average molecular weight is 511 g/mol. The largest absolute Gasteiger partial charge is 0.486 e. The molecule has 0 spiro atoms. The van der Waals surface area contributed by atoms with Crippen molar-refractivity contribution < 1.29 is 19.0 Å². The van der Waals surface area contributed by atoms with Gasteiger partial charge in [0.1, 0.15) is 17.6 Å². The molecule has 0 bridgehead atoms. The SMILES string of the molecule is COC(=O)COc1cc(N2CC(CCNC(C)c3cccc4ccccc34)Oc3ccccc32)ccc1C. The maximum Gasteiger partial charge on any atom is 0.343 e. The van der Waals surface area contributed by atoms with Crippen LogP contribution in [0.15, 0.2) is 84.9 Å².